The molecule has 0 radical (unpaired) electrons. The molecular formula is C18H26N4O2. The summed E-state index contributed by atoms with van der Waals surface area (Å²) in [6, 6.07) is 7.20. The van der Waals surface area contributed by atoms with E-state index >= 15 is 0 Å². The van der Waals surface area contributed by atoms with E-state index in [0.29, 0.717) is 11.4 Å². The van der Waals surface area contributed by atoms with Crippen molar-refractivity contribution >= 4 is 23.4 Å². The number of hydrogen-bond acceptors (Lipinski definition) is 2. The van der Waals surface area contributed by atoms with Crippen LogP contribution in [0.5, 0.6) is 0 Å². The number of nitrogens with one attached hydrogen (secondary N) is 2. The van der Waals surface area contributed by atoms with Crippen LogP contribution in [0.15, 0.2) is 24.3 Å². The number of carbonyl (C=O) groups excluding carboxylic acids is 2. The first kappa shape index (κ1) is 16.6. The molecule has 0 aliphatic carbocycles. The molecule has 0 spiro atoms. The Hall–Kier alpha value is -2.24. The van der Waals surface area contributed by atoms with E-state index in [-0.39, 0.29) is 12.1 Å². The number of para-hydroxylation sites is 2. The van der Waals surface area contributed by atoms with Crippen LogP contribution < -0.4 is 10.6 Å². The fraction of sp³-hybridized carbons (Fsp3) is 0.556. The molecule has 2 aliphatic rings. The van der Waals surface area contributed by atoms with Crippen LogP contribution >= 0.6 is 0 Å². The Morgan fingerprint density at radius 1 is 0.667 bits per heavy atom. The SMILES string of the molecule is O=C(Nc1ccccc1NC(=O)N1CCCCC1)N1CCCCC1. The number of rotatable bonds is 2. The highest BCUT2D eigenvalue weighted by Crippen LogP contribution is 2.23. The number of amides is 4. The molecule has 1 aromatic carbocycles. The fourth-order valence-corrected chi connectivity index (χ4v) is 3.28. The molecule has 0 unspecified atom stereocenters. The lowest BCUT2D eigenvalue weighted by Gasteiger charge is -2.28. The van der Waals surface area contributed by atoms with Gasteiger partial charge in [-0.1, -0.05) is 12.1 Å². The van der Waals surface area contributed by atoms with Crippen LogP contribution in [0.3, 0.4) is 0 Å². The zero-order valence-electron chi connectivity index (χ0n) is 14.1. The maximum Gasteiger partial charge on any atom is 0.321 e. The van der Waals surface area contributed by atoms with Gasteiger partial charge in [0.2, 0.25) is 0 Å². The lowest BCUT2D eigenvalue weighted by Crippen LogP contribution is -2.40. The van der Waals surface area contributed by atoms with Gasteiger partial charge in [-0.3, -0.25) is 0 Å². The quantitative estimate of drug-likeness (QED) is 0.868. The topological polar surface area (TPSA) is 64.7 Å². The monoisotopic (exact) mass is 330 g/mol. The number of piperidine rings is 2. The number of nitrogens with zero attached hydrogens (tertiary/aromatic N) is 2. The summed E-state index contributed by atoms with van der Waals surface area (Å²) in [5, 5.41) is 5.88. The summed E-state index contributed by atoms with van der Waals surface area (Å²) < 4.78 is 0. The van der Waals surface area contributed by atoms with Gasteiger partial charge in [-0.25, -0.2) is 9.59 Å². The summed E-state index contributed by atoms with van der Waals surface area (Å²) in [5.74, 6) is 0. The zero-order chi connectivity index (χ0) is 16.8. The summed E-state index contributed by atoms with van der Waals surface area (Å²) in [7, 11) is 0. The second-order valence-corrected chi connectivity index (χ2v) is 6.50. The molecule has 2 heterocycles. The largest absolute Gasteiger partial charge is 0.325 e. The molecule has 2 aliphatic heterocycles. The molecule has 130 valence electrons. The molecule has 4 amide bonds. The van der Waals surface area contributed by atoms with Gasteiger partial charge in [0.1, 0.15) is 0 Å². The maximum absolute atomic E-state index is 12.4. The maximum atomic E-state index is 12.4. The molecule has 6 nitrogen and oxygen atoms in total. The number of anilines is 2. The molecule has 0 saturated carbocycles. The molecule has 2 N–H and O–H groups in total. The third kappa shape index (κ3) is 4.19. The summed E-state index contributed by atoms with van der Waals surface area (Å²) in [6.45, 7) is 3.20. The Morgan fingerprint density at radius 3 is 1.42 bits per heavy atom. The minimum absolute atomic E-state index is 0.0885. The van der Waals surface area contributed by atoms with Crippen LogP contribution in [0.2, 0.25) is 0 Å². The number of urea groups is 2. The summed E-state index contributed by atoms with van der Waals surface area (Å²) in [5.41, 5.74) is 1.30. The van der Waals surface area contributed by atoms with Crippen LogP contribution in [0.25, 0.3) is 0 Å². The van der Waals surface area contributed by atoms with Crippen molar-refractivity contribution in [3.8, 4) is 0 Å². The lowest BCUT2D eigenvalue weighted by molar-refractivity contribution is 0.199. The van der Waals surface area contributed by atoms with Crippen molar-refractivity contribution in [1.29, 1.82) is 0 Å². The molecule has 0 bridgehead atoms. The van der Waals surface area contributed by atoms with Gasteiger partial charge in [-0.2, -0.15) is 0 Å². The second kappa shape index (κ2) is 8.04. The third-order valence-corrected chi connectivity index (χ3v) is 4.70. The Balaban J connectivity index is 1.63. The predicted octanol–water partition coefficient (Wildman–Crippen LogP) is 3.72. The minimum atomic E-state index is -0.0885. The van der Waals surface area contributed by atoms with E-state index < -0.39 is 0 Å². The molecule has 3 rings (SSSR count). The first-order valence-electron chi connectivity index (χ1n) is 8.95. The first-order valence-corrected chi connectivity index (χ1v) is 8.95. The van der Waals surface area contributed by atoms with Gasteiger partial charge >= 0.3 is 12.1 Å². The van der Waals surface area contributed by atoms with E-state index in [0.717, 1.165) is 51.9 Å². The predicted molar refractivity (Wildman–Crippen MR) is 95.3 cm³/mol. The van der Waals surface area contributed by atoms with Crippen LogP contribution in [-0.4, -0.2) is 48.0 Å². The minimum Gasteiger partial charge on any atom is -0.325 e. The van der Waals surface area contributed by atoms with Gasteiger partial charge in [-0.05, 0) is 50.7 Å². The van der Waals surface area contributed by atoms with Crippen LogP contribution in [0.4, 0.5) is 21.0 Å². The first-order chi connectivity index (χ1) is 11.7. The molecular weight excluding hydrogens is 304 g/mol. The smallest absolute Gasteiger partial charge is 0.321 e. The Labute approximate surface area is 143 Å². The molecule has 0 atom stereocenters. The molecule has 6 heteroatoms. The summed E-state index contributed by atoms with van der Waals surface area (Å²) in [4.78, 5) is 28.5. The lowest BCUT2D eigenvalue weighted by atomic mass is 10.1. The van der Waals surface area contributed by atoms with Crippen LogP contribution in [-0.2, 0) is 0 Å². The zero-order valence-corrected chi connectivity index (χ0v) is 14.1. The van der Waals surface area contributed by atoms with Crippen molar-refractivity contribution in [2.75, 3.05) is 36.8 Å². The Kier molecular flexibility index (Phi) is 5.56. The van der Waals surface area contributed by atoms with E-state index in [1.54, 1.807) is 0 Å². The van der Waals surface area contributed by atoms with Crippen molar-refractivity contribution in [1.82, 2.24) is 9.80 Å². The summed E-state index contributed by atoms with van der Waals surface area (Å²) in [6.07, 6.45) is 6.60. The van der Waals surface area contributed by atoms with Crippen molar-refractivity contribution in [2.45, 2.75) is 38.5 Å². The van der Waals surface area contributed by atoms with E-state index in [2.05, 4.69) is 10.6 Å². The molecule has 1 aromatic rings. The third-order valence-electron chi connectivity index (χ3n) is 4.70. The van der Waals surface area contributed by atoms with Gasteiger partial charge < -0.3 is 20.4 Å². The highest BCUT2D eigenvalue weighted by molar-refractivity contribution is 5.98. The van der Waals surface area contributed by atoms with E-state index in [1.165, 1.54) is 12.8 Å². The van der Waals surface area contributed by atoms with E-state index in [1.807, 2.05) is 34.1 Å². The fourth-order valence-electron chi connectivity index (χ4n) is 3.28. The Morgan fingerprint density at radius 2 is 1.04 bits per heavy atom. The van der Waals surface area contributed by atoms with Gasteiger partial charge in [0.25, 0.3) is 0 Å². The molecule has 2 fully saturated rings. The number of likely N-dealkylation sites (tertiary alicyclic amines) is 2. The van der Waals surface area contributed by atoms with Gasteiger partial charge in [0, 0.05) is 26.2 Å². The Bertz CT molecular complexity index is 527. The van der Waals surface area contributed by atoms with Crippen molar-refractivity contribution in [2.24, 2.45) is 0 Å². The van der Waals surface area contributed by atoms with E-state index in [4.69, 9.17) is 0 Å². The number of benzene rings is 1. The van der Waals surface area contributed by atoms with Crippen LogP contribution in [0.1, 0.15) is 38.5 Å². The average Bonchev–Trinajstić information content (AvgIpc) is 2.64. The summed E-state index contributed by atoms with van der Waals surface area (Å²) >= 11 is 0. The van der Waals surface area contributed by atoms with Crippen LogP contribution in [0, 0.1) is 0 Å². The van der Waals surface area contributed by atoms with Gasteiger partial charge in [-0.15, -0.1) is 0 Å². The van der Waals surface area contributed by atoms with Gasteiger partial charge in [0.15, 0.2) is 0 Å². The van der Waals surface area contributed by atoms with E-state index in [9.17, 15) is 9.59 Å². The standard InChI is InChI=1S/C18H26N4O2/c23-17(21-11-5-1-6-12-21)19-15-9-3-4-10-16(15)20-18(24)22-13-7-2-8-14-22/h3-4,9-10H,1-2,5-8,11-14H2,(H,19,23)(H,20,24). The number of hydrogen-bond donors (Lipinski definition) is 2. The molecule has 0 aromatic heterocycles. The van der Waals surface area contributed by atoms with Gasteiger partial charge in [0.05, 0.1) is 11.4 Å². The molecule has 2 saturated heterocycles. The highest BCUT2D eigenvalue weighted by atomic mass is 16.2. The van der Waals surface area contributed by atoms with Crippen molar-refractivity contribution in [3.05, 3.63) is 24.3 Å². The molecule has 24 heavy (non-hydrogen) atoms. The normalized spacial score (nSPS) is 18.2. The number of carbonyl (C=O) groups is 2. The van der Waals surface area contributed by atoms with Crippen molar-refractivity contribution in [3.63, 3.8) is 0 Å². The van der Waals surface area contributed by atoms with Crippen molar-refractivity contribution < 1.29 is 9.59 Å². The second-order valence-electron chi connectivity index (χ2n) is 6.50. The average molecular weight is 330 g/mol. The highest BCUT2D eigenvalue weighted by Gasteiger charge is 2.20.